The molecule has 178 valence electrons. The summed E-state index contributed by atoms with van der Waals surface area (Å²) in [7, 11) is 0. The Balaban J connectivity index is 1.59. The first kappa shape index (κ1) is 24.3. The topological polar surface area (TPSA) is 89.8 Å². The van der Waals surface area contributed by atoms with Crippen LogP contribution in [0.2, 0.25) is 0 Å². The molecule has 35 heavy (non-hydrogen) atoms. The van der Waals surface area contributed by atoms with Crippen molar-refractivity contribution in [3.05, 3.63) is 84.2 Å². The van der Waals surface area contributed by atoms with Crippen LogP contribution in [0.4, 0.5) is 5.69 Å². The van der Waals surface area contributed by atoms with Gasteiger partial charge in [-0.2, -0.15) is 0 Å². The van der Waals surface area contributed by atoms with Crippen LogP contribution in [0.25, 0.3) is 17.1 Å². The molecule has 0 aliphatic heterocycles. The Morgan fingerprint density at radius 2 is 1.80 bits per heavy atom. The molecule has 0 spiro atoms. The van der Waals surface area contributed by atoms with Gasteiger partial charge in [0.05, 0.1) is 10.9 Å². The Hall–Kier alpha value is -3.78. The number of ketones is 1. The number of amides is 1. The van der Waals surface area contributed by atoms with Gasteiger partial charge in [-0.15, -0.1) is 10.2 Å². The molecular weight excluding hydrogens is 458 g/mol. The van der Waals surface area contributed by atoms with E-state index >= 15 is 0 Å². The number of carbonyl (C=O) groups excluding carboxylic acids is 2. The summed E-state index contributed by atoms with van der Waals surface area (Å²) in [5, 5.41) is 12.0. The Labute approximate surface area is 209 Å². The largest absolute Gasteiger partial charge is 0.326 e. The SMILES string of the molecule is CCCC(=O)Nc1ccc(C(=O)[C@@H](C)Sc2nnc(-c3cccnc3)n2-c2ccccc2C)cc1. The average molecular weight is 486 g/mol. The van der Waals surface area contributed by atoms with Gasteiger partial charge in [-0.05, 0) is 68.3 Å². The van der Waals surface area contributed by atoms with Crippen molar-refractivity contribution in [1.29, 1.82) is 0 Å². The number of nitrogens with zero attached hydrogens (tertiary/aromatic N) is 4. The maximum Gasteiger partial charge on any atom is 0.224 e. The summed E-state index contributed by atoms with van der Waals surface area (Å²) in [5.74, 6) is 0.612. The molecule has 0 unspecified atom stereocenters. The van der Waals surface area contributed by atoms with Gasteiger partial charge in [-0.1, -0.05) is 36.9 Å². The normalized spacial score (nSPS) is 11.7. The molecule has 2 heterocycles. The van der Waals surface area contributed by atoms with E-state index < -0.39 is 5.25 Å². The van der Waals surface area contributed by atoms with Gasteiger partial charge < -0.3 is 5.32 Å². The minimum atomic E-state index is -0.399. The van der Waals surface area contributed by atoms with Crippen LogP contribution in [0.1, 0.15) is 42.6 Å². The van der Waals surface area contributed by atoms with Gasteiger partial charge in [0.1, 0.15) is 0 Å². The number of carbonyl (C=O) groups is 2. The Kier molecular flexibility index (Phi) is 7.72. The number of nitrogens with one attached hydrogen (secondary N) is 1. The highest BCUT2D eigenvalue weighted by atomic mass is 32.2. The highest BCUT2D eigenvalue weighted by molar-refractivity contribution is 8.00. The molecule has 2 aromatic heterocycles. The van der Waals surface area contributed by atoms with E-state index in [-0.39, 0.29) is 11.7 Å². The van der Waals surface area contributed by atoms with Crippen molar-refractivity contribution >= 4 is 29.1 Å². The summed E-state index contributed by atoms with van der Waals surface area (Å²) < 4.78 is 1.98. The zero-order valence-electron chi connectivity index (χ0n) is 19.9. The van der Waals surface area contributed by atoms with Crippen LogP contribution in [0.5, 0.6) is 0 Å². The summed E-state index contributed by atoms with van der Waals surface area (Å²) in [6, 6.07) is 18.8. The van der Waals surface area contributed by atoms with Crippen molar-refractivity contribution in [2.24, 2.45) is 0 Å². The number of para-hydroxylation sites is 1. The quantitative estimate of drug-likeness (QED) is 0.240. The number of benzene rings is 2. The van der Waals surface area contributed by atoms with Crippen molar-refractivity contribution in [3.8, 4) is 17.1 Å². The van der Waals surface area contributed by atoms with Crippen LogP contribution in [-0.2, 0) is 4.79 Å². The smallest absolute Gasteiger partial charge is 0.224 e. The van der Waals surface area contributed by atoms with E-state index in [1.165, 1.54) is 11.8 Å². The molecule has 0 fully saturated rings. The molecule has 4 aromatic rings. The van der Waals surface area contributed by atoms with Crippen LogP contribution in [-0.4, -0.2) is 36.7 Å². The first-order valence-electron chi connectivity index (χ1n) is 11.5. The molecule has 8 heteroatoms. The second kappa shape index (κ2) is 11.1. The molecule has 0 saturated heterocycles. The van der Waals surface area contributed by atoms with Crippen LogP contribution >= 0.6 is 11.8 Å². The molecule has 7 nitrogen and oxygen atoms in total. The Bertz CT molecular complexity index is 1320. The summed E-state index contributed by atoms with van der Waals surface area (Å²) in [5.41, 5.74) is 4.12. The highest BCUT2D eigenvalue weighted by Crippen LogP contribution is 2.32. The second-order valence-electron chi connectivity index (χ2n) is 8.17. The van der Waals surface area contributed by atoms with Crippen molar-refractivity contribution in [2.45, 2.75) is 44.0 Å². The number of aromatic nitrogens is 4. The maximum atomic E-state index is 13.2. The van der Waals surface area contributed by atoms with Gasteiger partial charge in [0.15, 0.2) is 16.8 Å². The molecule has 4 rings (SSSR count). The lowest BCUT2D eigenvalue weighted by Gasteiger charge is -2.15. The molecule has 0 radical (unpaired) electrons. The number of rotatable bonds is 9. The van der Waals surface area contributed by atoms with Gasteiger partial charge in [-0.3, -0.25) is 19.1 Å². The van der Waals surface area contributed by atoms with Crippen molar-refractivity contribution < 1.29 is 9.59 Å². The van der Waals surface area contributed by atoms with Crippen molar-refractivity contribution in [1.82, 2.24) is 19.7 Å². The van der Waals surface area contributed by atoms with E-state index in [4.69, 9.17) is 0 Å². The molecule has 1 amide bonds. The van der Waals surface area contributed by atoms with Gasteiger partial charge >= 0.3 is 0 Å². The third-order valence-electron chi connectivity index (χ3n) is 5.49. The van der Waals surface area contributed by atoms with E-state index in [1.54, 1.807) is 36.7 Å². The van der Waals surface area contributed by atoms with E-state index in [9.17, 15) is 9.59 Å². The lowest BCUT2D eigenvalue weighted by molar-refractivity contribution is -0.116. The first-order chi connectivity index (χ1) is 17.0. The lowest BCUT2D eigenvalue weighted by atomic mass is 10.1. The number of hydrogen-bond acceptors (Lipinski definition) is 6. The standard InChI is InChI=1S/C27H27N5O2S/c1-4-8-24(33)29-22-14-12-20(13-15-22)25(34)19(3)35-27-31-30-26(21-10-7-16-28-17-21)32(27)23-11-6-5-9-18(23)2/h5-7,9-17,19H,4,8H2,1-3H3,(H,29,33)/t19-/m1/s1. The number of hydrogen-bond donors (Lipinski definition) is 1. The highest BCUT2D eigenvalue weighted by Gasteiger charge is 2.23. The Morgan fingerprint density at radius 3 is 2.49 bits per heavy atom. The van der Waals surface area contributed by atoms with E-state index in [0.29, 0.717) is 28.7 Å². The number of thioether (sulfide) groups is 1. The van der Waals surface area contributed by atoms with Crippen molar-refractivity contribution in [2.75, 3.05) is 5.32 Å². The van der Waals surface area contributed by atoms with Gasteiger partial charge in [0.2, 0.25) is 5.91 Å². The minimum absolute atomic E-state index is 0.0244. The molecule has 1 N–H and O–H groups in total. The van der Waals surface area contributed by atoms with E-state index in [1.807, 2.05) is 61.7 Å². The summed E-state index contributed by atoms with van der Waals surface area (Å²) in [4.78, 5) is 29.2. The predicted octanol–water partition coefficient (Wildman–Crippen LogP) is 5.74. The average Bonchev–Trinajstić information content (AvgIpc) is 3.28. The van der Waals surface area contributed by atoms with E-state index in [0.717, 1.165) is 23.2 Å². The fourth-order valence-electron chi connectivity index (χ4n) is 3.67. The maximum absolute atomic E-state index is 13.2. The summed E-state index contributed by atoms with van der Waals surface area (Å²) in [6.07, 6.45) is 4.72. The molecule has 0 aliphatic rings. The fraction of sp³-hybridized carbons (Fsp3) is 0.222. The fourth-order valence-corrected chi connectivity index (χ4v) is 4.61. The summed E-state index contributed by atoms with van der Waals surface area (Å²) in [6.45, 7) is 5.86. The Morgan fingerprint density at radius 1 is 1.03 bits per heavy atom. The van der Waals surface area contributed by atoms with Crippen LogP contribution in [0, 0.1) is 6.92 Å². The number of anilines is 1. The molecule has 0 bridgehead atoms. The first-order valence-corrected chi connectivity index (χ1v) is 12.4. The third-order valence-corrected chi connectivity index (χ3v) is 6.53. The number of Topliss-reactive ketones (excluding diaryl/α,β-unsaturated/α-hetero) is 1. The van der Waals surface area contributed by atoms with Gasteiger partial charge in [0, 0.05) is 35.6 Å². The molecule has 0 aliphatic carbocycles. The lowest BCUT2D eigenvalue weighted by Crippen LogP contribution is -2.15. The van der Waals surface area contributed by atoms with Gasteiger partial charge in [0.25, 0.3) is 0 Å². The number of pyridine rings is 1. The molecule has 0 saturated carbocycles. The van der Waals surface area contributed by atoms with Crippen LogP contribution in [0.3, 0.4) is 0 Å². The molecule has 1 atom stereocenters. The van der Waals surface area contributed by atoms with Crippen molar-refractivity contribution in [3.63, 3.8) is 0 Å². The zero-order valence-corrected chi connectivity index (χ0v) is 20.7. The molecule has 2 aromatic carbocycles. The number of aryl methyl sites for hydroxylation is 1. The second-order valence-corrected chi connectivity index (χ2v) is 9.48. The zero-order chi connectivity index (χ0) is 24.8. The minimum Gasteiger partial charge on any atom is -0.326 e. The summed E-state index contributed by atoms with van der Waals surface area (Å²) >= 11 is 1.36. The third kappa shape index (κ3) is 5.66. The van der Waals surface area contributed by atoms with Crippen LogP contribution < -0.4 is 5.32 Å². The van der Waals surface area contributed by atoms with Crippen LogP contribution in [0.15, 0.2) is 78.2 Å². The van der Waals surface area contributed by atoms with E-state index in [2.05, 4.69) is 20.5 Å². The monoisotopic (exact) mass is 485 g/mol. The molecular formula is C27H27N5O2S. The predicted molar refractivity (Wildman–Crippen MR) is 139 cm³/mol. The van der Waals surface area contributed by atoms with Gasteiger partial charge in [-0.25, -0.2) is 0 Å².